The van der Waals surface area contributed by atoms with E-state index in [9.17, 15) is 0 Å². The van der Waals surface area contributed by atoms with Crippen LogP contribution in [0.3, 0.4) is 0 Å². The van der Waals surface area contributed by atoms with Crippen molar-refractivity contribution in [1.82, 2.24) is 0 Å². The van der Waals surface area contributed by atoms with E-state index in [0.29, 0.717) is 0 Å². The SMILES string of the molecule is CC[O-].CC[O-].CC[O-].CC[O-].[Co+2].[Sr+2]. The molecule has 0 aliphatic rings. The molecule has 0 spiro atoms. The standard InChI is InChI=1S/4C2H5O.Co.Sr/c4*1-2-3;;/h4*2H2,1H3;;/q4*-1;2*+2. The van der Waals surface area contributed by atoms with Gasteiger partial charge in [-0.25, -0.2) is 0 Å². The minimum atomic E-state index is 0. The van der Waals surface area contributed by atoms with Crippen LogP contribution < -0.4 is 20.4 Å². The molecule has 0 aliphatic heterocycles. The van der Waals surface area contributed by atoms with Gasteiger partial charge in [0.25, 0.3) is 0 Å². The second-order valence-electron chi connectivity index (χ2n) is 1.15. The third-order valence-electron chi connectivity index (χ3n) is 0. The summed E-state index contributed by atoms with van der Waals surface area (Å²) in [4.78, 5) is 0. The first kappa shape index (κ1) is 36.0. The Kier molecular flexibility index (Phi) is 215. The van der Waals surface area contributed by atoms with Crippen LogP contribution in [0.4, 0.5) is 0 Å². The van der Waals surface area contributed by atoms with Gasteiger partial charge in [-0.05, 0) is 0 Å². The Hall–Kier alpha value is 1.83. The van der Waals surface area contributed by atoms with Crippen LogP contribution >= 0.6 is 0 Å². The zero-order valence-corrected chi connectivity index (χ0v) is 14.0. The number of hydrogen-bond acceptors (Lipinski definition) is 4. The van der Waals surface area contributed by atoms with E-state index >= 15 is 0 Å². The first-order valence-corrected chi connectivity index (χ1v) is 3.98. The van der Waals surface area contributed by atoms with E-state index in [4.69, 9.17) is 20.4 Å². The molecule has 6 heteroatoms. The zero-order chi connectivity index (χ0) is 10.8. The van der Waals surface area contributed by atoms with Crippen LogP contribution in [0.1, 0.15) is 27.7 Å². The van der Waals surface area contributed by atoms with Crippen molar-refractivity contribution in [3.8, 4) is 0 Å². The van der Waals surface area contributed by atoms with E-state index < -0.39 is 0 Å². The summed E-state index contributed by atoms with van der Waals surface area (Å²) in [5.74, 6) is 0. The average molecular weight is 327 g/mol. The fourth-order valence-electron chi connectivity index (χ4n) is 0. The van der Waals surface area contributed by atoms with Gasteiger partial charge in [0.05, 0.1) is 0 Å². The van der Waals surface area contributed by atoms with Gasteiger partial charge in [-0.2, -0.15) is 0 Å². The van der Waals surface area contributed by atoms with Gasteiger partial charge in [-0.15, -0.1) is 26.4 Å². The average Bonchev–Trinajstić information content (AvgIpc) is 1.92. The predicted molar refractivity (Wildman–Crippen MR) is 47.9 cm³/mol. The van der Waals surface area contributed by atoms with Crippen molar-refractivity contribution in [3.05, 3.63) is 0 Å². The van der Waals surface area contributed by atoms with Gasteiger partial charge in [-0.3, -0.25) is 0 Å². The van der Waals surface area contributed by atoms with Gasteiger partial charge in [0, 0.05) is 0 Å². The van der Waals surface area contributed by atoms with E-state index in [1.54, 1.807) is 27.7 Å². The molecule has 14 heavy (non-hydrogen) atoms. The maximum Gasteiger partial charge on any atom is 2.00 e. The van der Waals surface area contributed by atoms with E-state index in [-0.39, 0.29) is 88.7 Å². The topological polar surface area (TPSA) is 92.2 Å². The van der Waals surface area contributed by atoms with E-state index in [2.05, 4.69) is 0 Å². The molecule has 0 aromatic rings. The Labute approximate surface area is 135 Å². The molecular formula is C8H20CoO4Sr. The molecule has 4 nitrogen and oxygen atoms in total. The maximum atomic E-state index is 8.93. The molecule has 0 atom stereocenters. The van der Waals surface area contributed by atoms with Crippen LogP contribution in [0, 0.1) is 0 Å². The van der Waals surface area contributed by atoms with Crippen LogP contribution in [-0.4, -0.2) is 71.9 Å². The first-order chi connectivity index (χ1) is 5.66. The van der Waals surface area contributed by atoms with Gasteiger partial charge in [-0.1, -0.05) is 27.7 Å². The molecule has 0 heterocycles. The Morgan fingerprint density at radius 2 is 0.571 bits per heavy atom. The molecule has 0 fully saturated rings. The second-order valence-corrected chi connectivity index (χ2v) is 1.15. The fraction of sp³-hybridized carbons (Fsp3) is 1.00. The van der Waals surface area contributed by atoms with Crippen LogP contribution in [-0.2, 0) is 16.8 Å². The Morgan fingerprint density at radius 3 is 0.571 bits per heavy atom. The van der Waals surface area contributed by atoms with Gasteiger partial charge in [0.1, 0.15) is 0 Å². The van der Waals surface area contributed by atoms with Crippen LogP contribution in [0.2, 0.25) is 0 Å². The minimum absolute atomic E-state index is 0. The van der Waals surface area contributed by atoms with Gasteiger partial charge < -0.3 is 20.4 Å². The third kappa shape index (κ3) is 682. The minimum Gasteiger partial charge on any atom is -0.855 e. The number of hydrogen-bond donors (Lipinski definition) is 0. The molecule has 0 aromatic heterocycles. The number of rotatable bonds is 0. The van der Waals surface area contributed by atoms with Gasteiger partial charge in [0.2, 0.25) is 0 Å². The predicted octanol–water partition coefficient (Wildman–Crippen LogP) is -2.92. The quantitative estimate of drug-likeness (QED) is 0.446. The van der Waals surface area contributed by atoms with E-state index in [1.807, 2.05) is 0 Å². The molecule has 87 valence electrons. The van der Waals surface area contributed by atoms with Crippen molar-refractivity contribution in [3.63, 3.8) is 0 Å². The maximum absolute atomic E-state index is 8.93. The molecule has 0 N–H and O–H groups in total. The Bertz CT molecular complexity index is 29.3. The van der Waals surface area contributed by atoms with Crippen molar-refractivity contribution in [1.29, 1.82) is 0 Å². The summed E-state index contributed by atoms with van der Waals surface area (Å²) >= 11 is 0. The van der Waals surface area contributed by atoms with Crippen LogP contribution in [0.25, 0.3) is 0 Å². The molecule has 1 radical (unpaired) electrons. The molecule has 0 unspecified atom stereocenters. The Morgan fingerprint density at radius 1 is 0.571 bits per heavy atom. The summed E-state index contributed by atoms with van der Waals surface area (Å²) in [6, 6.07) is 0. The van der Waals surface area contributed by atoms with Crippen LogP contribution in [0.5, 0.6) is 0 Å². The van der Waals surface area contributed by atoms with Crippen molar-refractivity contribution >= 4 is 45.5 Å². The summed E-state index contributed by atoms with van der Waals surface area (Å²) in [6.45, 7) is 6.28. The summed E-state index contributed by atoms with van der Waals surface area (Å²) in [6.07, 6.45) is 0. The van der Waals surface area contributed by atoms with E-state index in [1.165, 1.54) is 0 Å². The molecule has 0 aliphatic carbocycles. The van der Waals surface area contributed by atoms with Crippen molar-refractivity contribution < 1.29 is 37.2 Å². The smallest absolute Gasteiger partial charge is 0.855 e. The molecule has 0 saturated carbocycles. The largest absolute Gasteiger partial charge is 2.00 e. The summed E-state index contributed by atoms with van der Waals surface area (Å²) < 4.78 is 0. The summed E-state index contributed by atoms with van der Waals surface area (Å²) in [5, 5.41) is 35.7. The molecule has 0 rings (SSSR count). The van der Waals surface area contributed by atoms with Gasteiger partial charge >= 0.3 is 62.3 Å². The van der Waals surface area contributed by atoms with Gasteiger partial charge in [0.15, 0.2) is 0 Å². The third-order valence-corrected chi connectivity index (χ3v) is 0. The zero-order valence-electron chi connectivity index (χ0n) is 9.50. The van der Waals surface area contributed by atoms with Crippen LogP contribution in [0.15, 0.2) is 0 Å². The summed E-state index contributed by atoms with van der Waals surface area (Å²) in [7, 11) is 0. The molecule has 0 amide bonds. The van der Waals surface area contributed by atoms with Crippen molar-refractivity contribution in [2.24, 2.45) is 0 Å². The fourth-order valence-corrected chi connectivity index (χ4v) is 0. The molecule has 0 saturated heterocycles. The normalized spacial score (nSPS) is 5.14. The van der Waals surface area contributed by atoms with E-state index in [0.717, 1.165) is 0 Å². The van der Waals surface area contributed by atoms with Crippen molar-refractivity contribution in [2.45, 2.75) is 27.7 Å². The Balaban J connectivity index is -0.0000000145. The monoisotopic (exact) mass is 327 g/mol. The molecule has 0 aromatic carbocycles. The molecular weight excluding hydrogens is 307 g/mol. The second kappa shape index (κ2) is 83.5. The molecule has 0 bridgehead atoms. The summed E-state index contributed by atoms with van der Waals surface area (Å²) in [5.41, 5.74) is 0. The van der Waals surface area contributed by atoms with Crippen molar-refractivity contribution in [2.75, 3.05) is 26.4 Å². The first-order valence-electron chi connectivity index (χ1n) is 3.98.